The van der Waals surface area contributed by atoms with Gasteiger partial charge in [-0.2, -0.15) is 5.10 Å². The Balaban J connectivity index is 1.37. The zero-order valence-electron chi connectivity index (χ0n) is 19.5. The van der Waals surface area contributed by atoms with Crippen LogP contribution < -0.4 is 0 Å². The maximum Gasteiger partial charge on any atom is 0.256 e. The van der Waals surface area contributed by atoms with E-state index < -0.39 is 0 Å². The number of carbonyl (C=O) groups is 1. The molecule has 6 heteroatoms. The molecule has 0 radical (unpaired) electrons. The van der Waals surface area contributed by atoms with E-state index in [0.29, 0.717) is 5.92 Å². The van der Waals surface area contributed by atoms with Gasteiger partial charge in [0, 0.05) is 43.4 Å². The maximum absolute atomic E-state index is 13.8. The lowest BCUT2D eigenvalue weighted by Gasteiger charge is -2.35. The third kappa shape index (κ3) is 3.43. The first kappa shape index (κ1) is 20.5. The Morgan fingerprint density at radius 3 is 2.73 bits per heavy atom. The minimum atomic E-state index is -0.0151. The second-order valence-electron chi connectivity index (χ2n) is 9.84. The lowest BCUT2D eigenvalue weighted by molar-refractivity contribution is 0.0607. The van der Waals surface area contributed by atoms with Crippen molar-refractivity contribution in [2.24, 2.45) is 7.05 Å². The lowest BCUT2D eigenvalue weighted by Crippen LogP contribution is -2.39. The zero-order chi connectivity index (χ0) is 22.5. The predicted octanol–water partition coefficient (Wildman–Crippen LogP) is 5.55. The largest absolute Gasteiger partial charge is 0.350 e. The summed E-state index contributed by atoms with van der Waals surface area (Å²) in [5.41, 5.74) is 6.08. The van der Waals surface area contributed by atoms with Crippen molar-refractivity contribution in [3.63, 3.8) is 0 Å². The van der Waals surface area contributed by atoms with Crippen molar-refractivity contribution in [3.8, 4) is 0 Å². The Labute approximate surface area is 194 Å². The van der Waals surface area contributed by atoms with Crippen molar-refractivity contribution in [2.75, 3.05) is 6.54 Å². The van der Waals surface area contributed by atoms with Gasteiger partial charge >= 0.3 is 0 Å². The maximum atomic E-state index is 13.8. The van der Waals surface area contributed by atoms with E-state index >= 15 is 0 Å². The quantitative estimate of drug-likeness (QED) is 0.419. The van der Waals surface area contributed by atoms with Gasteiger partial charge < -0.3 is 9.47 Å². The van der Waals surface area contributed by atoms with E-state index in [-0.39, 0.29) is 11.9 Å². The molecule has 0 N–H and O–H groups in total. The molecule has 0 spiro atoms. The van der Waals surface area contributed by atoms with E-state index in [9.17, 15) is 4.79 Å². The van der Waals surface area contributed by atoms with Crippen molar-refractivity contribution < 1.29 is 4.79 Å². The van der Waals surface area contributed by atoms with Gasteiger partial charge in [0.15, 0.2) is 5.65 Å². The van der Waals surface area contributed by atoms with Crippen LogP contribution in [0.15, 0.2) is 42.7 Å². The number of amides is 1. The number of fused-ring (bicyclic) bond motifs is 2. The molecule has 33 heavy (non-hydrogen) atoms. The van der Waals surface area contributed by atoms with Crippen LogP contribution in [-0.4, -0.2) is 36.5 Å². The fraction of sp³-hybridized carbons (Fsp3) is 0.444. The van der Waals surface area contributed by atoms with Crippen LogP contribution in [-0.2, 0) is 7.05 Å². The smallest absolute Gasteiger partial charge is 0.256 e. The summed E-state index contributed by atoms with van der Waals surface area (Å²) in [5.74, 6) is 0.673. The average Bonchev–Trinajstić information content (AvgIpc) is 3.58. The summed E-state index contributed by atoms with van der Waals surface area (Å²) >= 11 is 0. The Hall–Kier alpha value is -3.15. The number of aromatic nitrogens is 4. The Kier molecular flexibility index (Phi) is 4.97. The van der Waals surface area contributed by atoms with E-state index in [4.69, 9.17) is 10.1 Å². The number of para-hydroxylation sites is 1. The van der Waals surface area contributed by atoms with Crippen molar-refractivity contribution in [1.29, 1.82) is 0 Å². The second-order valence-corrected chi connectivity index (χ2v) is 9.84. The second kappa shape index (κ2) is 8.01. The van der Waals surface area contributed by atoms with Gasteiger partial charge in [-0.3, -0.25) is 4.79 Å². The number of rotatable bonds is 3. The van der Waals surface area contributed by atoms with Crippen LogP contribution in [0, 0.1) is 6.92 Å². The van der Waals surface area contributed by atoms with Crippen LogP contribution >= 0.6 is 0 Å². The average molecular weight is 442 g/mol. The number of hydrogen-bond acceptors (Lipinski definition) is 3. The standard InChI is InChI=1S/C27H31N5O/c1-18-17-32-24(28-25(18)19-8-3-4-9-19)16-22(29-32)23-12-5-6-14-31(23)27(33)21-11-7-10-20-13-15-30(2)26(20)21/h7,10-11,13,15-17,19,23H,3-6,8-9,12,14H2,1-2H3. The molecule has 1 aromatic carbocycles. The van der Waals surface area contributed by atoms with Crippen molar-refractivity contribution in [2.45, 2.75) is 63.8 Å². The summed E-state index contributed by atoms with van der Waals surface area (Å²) in [6.07, 6.45) is 12.3. The molecule has 2 aliphatic rings. The van der Waals surface area contributed by atoms with Crippen molar-refractivity contribution in [1.82, 2.24) is 24.1 Å². The number of carbonyl (C=O) groups excluding carboxylic acids is 1. The molecule has 1 aliphatic carbocycles. The zero-order valence-corrected chi connectivity index (χ0v) is 19.5. The normalized spacial score (nSPS) is 19.7. The number of hydrogen-bond donors (Lipinski definition) is 0. The number of benzene rings is 1. The molecule has 2 fully saturated rings. The molecule has 170 valence electrons. The van der Waals surface area contributed by atoms with Gasteiger partial charge in [-0.15, -0.1) is 0 Å². The van der Waals surface area contributed by atoms with Crippen molar-refractivity contribution >= 4 is 22.5 Å². The fourth-order valence-corrected chi connectivity index (χ4v) is 5.98. The first-order valence-electron chi connectivity index (χ1n) is 12.3. The summed E-state index contributed by atoms with van der Waals surface area (Å²) in [7, 11) is 2.00. The molecule has 6 rings (SSSR count). The summed E-state index contributed by atoms with van der Waals surface area (Å²) < 4.78 is 3.96. The van der Waals surface area contributed by atoms with Crippen LogP contribution in [0.2, 0.25) is 0 Å². The molecule has 6 nitrogen and oxygen atoms in total. The van der Waals surface area contributed by atoms with Gasteiger partial charge in [0.25, 0.3) is 5.91 Å². The highest BCUT2D eigenvalue weighted by Gasteiger charge is 2.32. The van der Waals surface area contributed by atoms with Gasteiger partial charge in [0.2, 0.25) is 0 Å². The molecular formula is C27H31N5O. The van der Waals surface area contributed by atoms with Gasteiger partial charge in [0.1, 0.15) is 0 Å². The third-order valence-corrected chi connectivity index (χ3v) is 7.66. The number of nitrogens with zero attached hydrogens (tertiary/aromatic N) is 5. The molecule has 0 bridgehead atoms. The molecule has 4 aromatic rings. The lowest BCUT2D eigenvalue weighted by atomic mass is 9.97. The van der Waals surface area contributed by atoms with Crippen LogP contribution in [0.3, 0.4) is 0 Å². The molecular weight excluding hydrogens is 410 g/mol. The van der Waals surface area contributed by atoms with E-state index in [2.05, 4.69) is 31.3 Å². The first-order chi connectivity index (χ1) is 16.1. The molecule has 1 unspecified atom stereocenters. The third-order valence-electron chi connectivity index (χ3n) is 7.66. The SMILES string of the molecule is Cc1cn2nc(C3CCCCN3C(=O)c3cccc4ccn(C)c34)cc2nc1C1CCCC1. The van der Waals surface area contributed by atoms with Gasteiger partial charge in [-0.05, 0) is 56.7 Å². The van der Waals surface area contributed by atoms with Crippen molar-refractivity contribution in [3.05, 3.63) is 65.2 Å². The van der Waals surface area contributed by atoms with E-state index in [0.717, 1.165) is 53.6 Å². The number of likely N-dealkylation sites (tertiary alicyclic amines) is 1. The number of aryl methyl sites for hydroxylation is 2. The molecule has 1 saturated carbocycles. The predicted molar refractivity (Wildman–Crippen MR) is 129 cm³/mol. The Morgan fingerprint density at radius 1 is 1.06 bits per heavy atom. The molecule has 1 aliphatic heterocycles. The highest BCUT2D eigenvalue weighted by molar-refractivity contribution is 6.06. The molecule has 3 aromatic heterocycles. The highest BCUT2D eigenvalue weighted by Crippen LogP contribution is 2.36. The van der Waals surface area contributed by atoms with E-state index in [1.54, 1.807) is 0 Å². The summed E-state index contributed by atoms with van der Waals surface area (Å²) in [6, 6.07) is 10.2. The van der Waals surface area contributed by atoms with Gasteiger partial charge in [-0.25, -0.2) is 9.50 Å². The van der Waals surface area contributed by atoms with Gasteiger partial charge in [-0.1, -0.05) is 25.0 Å². The van der Waals surface area contributed by atoms with Crippen LogP contribution in [0.1, 0.15) is 84.2 Å². The summed E-state index contributed by atoms with van der Waals surface area (Å²) in [5, 5.41) is 6.02. The fourth-order valence-electron chi connectivity index (χ4n) is 5.98. The molecule has 1 saturated heterocycles. The molecule has 4 heterocycles. The minimum Gasteiger partial charge on any atom is -0.350 e. The topological polar surface area (TPSA) is 55.4 Å². The summed E-state index contributed by atoms with van der Waals surface area (Å²) in [4.78, 5) is 20.9. The summed E-state index contributed by atoms with van der Waals surface area (Å²) in [6.45, 7) is 2.91. The van der Waals surface area contributed by atoms with Crippen LogP contribution in [0.25, 0.3) is 16.6 Å². The van der Waals surface area contributed by atoms with E-state index in [1.807, 2.05) is 39.4 Å². The number of piperidine rings is 1. The molecule has 1 amide bonds. The minimum absolute atomic E-state index is 0.0151. The Bertz CT molecular complexity index is 1340. The van der Waals surface area contributed by atoms with Gasteiger partial charge in [0.05, 0.1) is 28.5 Å². The van der Waals surface area contributed by atoms with Crippen LogP contribution in [0.4, 0.5) is 0 Å². The van der Waals surface area contributed by atoms with E-state index in [1.165, 1.54) is 36.9 Å². The van der Waals surface area contributed by atoms with Crippen LogP contribution in [0.5, 0.6) is 0 Å². The monoisotopic (exact) mass is 441 g/mol. The Morgan fingerprint density at radius 2 is 1.88 bits per heavy atom. The first-order valence-corrected chi connectivity index (χ1v) is 12.3. The molecule has 1 atom stereocenters. The highest BCUT2D eigenvalue weighted by atomic mass is 16.2.